The third-order valence-corrected chi connectivity index (χ3v) is 5.18. The van der Waals surface area contributed by atoms with Crippen LogP contribution in [0.25, 0.3) is 0 Å². The largest absolute Gasteiger partial charge is 0.415 e. The van der Waals surface area contributed by atoms with Crippen LogP contribution in [-0.2, 0) is 20.0 Å². The second-order valence-corrected chi connectivity index (χ2v) is 6.62. The lowest BCUT2D eigenvalue weighted by Crippen LogP contribution is -2.43. The average Bonchev–Trinajstić information content (AvgIpc) is 2.43. The van der Waals surface area contributed by atoms with E-state index in [2.05, 4.69) is 5.32 Å². The number of hydrogen-bond donors (Lipinski definition) is 1. The number of hydrogen-bond acceptors (Lipinski definition) is 4. The molecule has 1 aromatic carbocycles. The first kappa shape index (κ1) is 19.2. The molecule has 1 N–H and O–H groups in total. The van der Waals surface area contributed by atoms with Crippen molar-refractivity contribution >= 4 is 7.60 Å². The third-order valence-electron chi connectivity index (χ3n) is 2.84. The monoisotopic (exact) mass is 339 g/mol. The smallest absolute Gasteiger partial charge is 0.308 e. The lowest BCUT2D eigenvalue weighted by Gasteiger charge is -2.28. The Balaban J connectivity index is 2.78. The van der Waals surface area contributed by atoms with E-state index in [9.17, 15) is 17.7 Å². The summed E-state index contributed by atoms with van der Waals surface area (Å²) >= 11 is 0. The molecule has 1 unspecified atom stereocenters. The molecule has 0 amide bonds. The minimum absolute atomic E-state index is 0.0122. The molecule has 0 aliphatic heterocycles. The Kier molecular flexibility index (Phi) is 7.56. The number of benzene rings is 1. The zero-order valence-corrected chi connectivity index (χ0v) is 13.5. The van der Waals surface area contributed by atoms with E-state index in [0.29, 0.717) is 6.42 Å². The highest BCUT2D eigenvalue weighted by Gasteiger charge is 2.53. The molecule has 126 valence electrons. The van der Waals surface area contributed by atoms with Gasteiger partial charge in [-0.2, -0.15) is 13.2 Å². The highest BCUT2D eigenvalue weighted by atomic mass is 31.2. The van der Waals surface area contributed by atoms with Crippen molar-refractivity contribution in [2.75, 3.05) is 19.8 Å². The predicted molar refractivity (Wildman–Crippen MR) is 78.9 cm³/mol. The highest BCUT2D eigenvalue weighted by Crippen LogP contribution is 2.56. The Morgan fingerprint density at radius 2 is 1.68 bits per heavy atom. The van der Waals surface area contributed by atoms with Gasteiger partial charge in [0.2, 0.25) is 5.78 Å². The first-order chi connectivity index (χ1) is 10.3. The molecule has 8 heteroatoms. The molecule has 1 rings (SSSR count). The molecular weight excluding hydrogens is 318 g/mol. The molecule has 1 aromatic rings. The van der Waals surface area contributed by atoms with Gasteiger partial charge in [-0.1, -0.05) is 30.3 Å². The van der Waals surface area contributed by atoms with Crippen molar-refractivity contribution in [3.63, 3.8) is 0 Å². The van der Waals surface area contributed by atoms with E-state index in [1.165, 1.54) is 13.8 Å². The van der Waals surface area contributed by atoms with Gasteiger partial charge in [0.15, 0.2) is 0 Å². The maximum atomic E-state index is 13.2. The summed E-state index contributed by atoms with van der Waals surface area (Å²) in [5, 5.41) is 2.28. The van der Waals surface area contributed by atoms with Gasteiger partial charge in [-0.25, -0.2) is 0 Å². The molecule has 0 spiro atoms. The Morgan fingerprint density at radius 3 is 2.14 bits per heavy atom. The molecule has 22 heavy (non-hydrogen) atoms. The van der Waals surface area contributed by atoms with Gasteiger partial charge in [0.1, 0.15) is 0 Å². The SMILES string of the molecule is CCOP(=O)(OCC)C(NCCc1ccccc1)C(F)(F)F. The molecular formula is C14H21F3NO3P. The molecule has 0 fully saturated rings. The Labute approximate surface area is 128 Å². The summed E-state index contributed by atoms with van der Waals surface area (Å²) in [5.41, 5.74) is 0.888. The molecule has 0 bridgehead atoms. The number of halogens is 3. The average molecular weight is 339 g/mol. The van der Waals surface area contributed by atoms with Crippen molar-refractivity contribution in [3.05, 3.63) is 35.9 Å². The van der Waals surface area contributed by atoms with Crippen molar-refractivity contribution in [3.8, 4) is 0 Å². The second-order valence-electron chi connectivity index (χ2n) is 4.51. The summed E-state index contributed by atoms with van der Waals surface area (Å²) in [6.45, 7) is 2.72. The first-order valence-electron chi connectivity index (χ1n) is 7.06. The zero-order valence-electron chi connectivity index (χ0n) is 12.6. The van der Waals surface area contributed by atoms with E-state index in [-0.39, 0.29) is 19.8 Å². The van der Waals surface area contributed by atoms with Crippen LogP contribution in [0.4, 0.5) is 13.2 Å². The molecule has 0 aliphatic rings. The standard InChI is InChI=1S/C14H21F3NO3P/c1-3-20-22(19,21-4-2)13(14(15,16)17)18-11-10-12-8-6-5-7-9-12/h5-9,13,18H,3-4,10-11H2,1-2H3. The molecule has 0 radical (unpaired) electrons. The lowest BCUT2D eigenvalue weighted by molar-refractivity contribution is -0.141. The van der Waals surface area contributed by atoms with Gasteiger partial charge >= 0.3 is 13.8 Å². The fraction of sp³-hybridized carbons (Fsp3) is 0.571. The summed E-state index contributed by atoms with van der Waals surface area (Å²) in [6.07, 6.45) is -4.35. The Hall–Kier alpha value is -0.880. The number of alkyl halides is 3. The number of nitrogens with one attached hydrogen (secondary N) is 1. The molecule has 4 nitrogen and oxygen atoms in total. The van der Waals surface area contributed by atoms with Gasteiger partial charge in [0.05, 0.1) is 13.2 Å². The van der Waals surface area contributed by atoms with Gasteiger partial charge in [-0.3, -0.25) is 9.88 Å². The van der Waals surface area contributed by atoms with Crippen LogP contribution >= 0.6 is 7.60 Å². The zero-order chi connectivity index (χ0) is 16.6. The van der Waals surface area contributed by atoms with Crippen LogP contribution in [0.15, 0.2) is 30.3 Å². The molecule has 0 heterocycles. The summed E-state index contributed by atoms with van der Waals surface area (Å²) in [7, 11) is -4.31. The van der Waals surface area contributed by atoms with Crippen molar-refractivity contribution in [1.29, 1.82) is 0 Å². The molecule has 0 saturated carbocycles. The molecule has 0 aromatic heterocycles. The maximum absolute atomic E-state index is 13.2. The van der Waals surface area contributed by atoms with E-state index in [1.54, 1.807) is 0 Å². The lowest BCUT2D eigenvalue weighted by atomic mass is 10.1. The van der Waals surface area contributed by atoms with Crippen molar-refractivity contribution in [2.45, 2.75) is 32.2 Å². The summed E-state index contributed by atoms with van der Waals surface area (Å²) in [6, 6.07) is 9.07. The van der Waals surface area contributed by atoms with Gasteiger partial charge in [-0.15, -0.1) is 0 Å². The van der Waals surface area contributed by atoms with Crippen LogP contribution in [0.1, 0.15) is 19.4 Å². The van der Waals surface area contributed by atoms with Gasteiger partial charge < -0.3 is 9.05 Å². The van der Waals surface area contributed by atoms with E-state index in [1.807, 2.05) is 30.3 Å². The predicted octanol–water partition coefficient (Wildman–Crippen LogP) is 3.97. The molecule has 1 atom stereocenters. The van der Waals surface area contributed by atoms with Crippen LogP contribution in [0.3, 0.4) is 0 Å². The second kappa shape index (κ2) is 8.67. The van der Waals surface area contributed by atoms with Crippen LogP contribution in [0.2, 0.25) is 0 Å². The molecule has 0 aliphatic carbocycles. The van der Waals surface area contributed by atoms with Gasteiger partial charge in [-0.05, 0) is 25.8 Å². The van der Waals surface area contributed by atoms with Crippen LogP contribution in [0, 0.1) is 0 Å². The normalized spacial score (nSPS) is 14.0. The summed E-state index contributed by atoms with van der Waals surface area (Å²) < 4.78 is 61.6. The first-order valence-corrected chi connectivity index (χ1v) is 8.67. The quantitative estimate of drug-likeness (QED) is 0.692. The van der Waals surface area contributed by atoms with Crippen molar-refractivity contribution < 1.29 is 26.8 Å². The topological polar surface area (TPSA) is 47.6 Å². The molecule has 0 saturated heterocycles. The maximum Gasteiger partial charge on any atom is 0.415 e. The fourth-order valence-corrected chi connectivity index (χ4v) is 3.75. The van der Waals surface area contributed by atoms with Crippen molar-refractivity contribution in [2.24, 2.45) is 0 Å². The van der Waals surface area contributed by atoms with E-state index >= 15 is 0 Å². The minimum Gasteiger partial charge on any atom is -0.308 e. The van der Waals surface area contributed by atoms with Crippen molar-refractivity contribution in [1.82, 2.24) is 5.32 Å². The highest BCUT2D eigenvalue weighted by molar-refractivity contribution is 7.54. The minimum atomic E-state index is -4.73. The van der Waals surface area contributed by atoms with E-state index in [0.717, 1.165) is 5.56 Å². The summed E-state index contributed by atoms with van der Waals surface area (Å²) in [4.78, 5) is 0. The van der Waals surface area contributed by atoms with Crippen LogP contribution < -0.4 is 5.32 Å². The Morgan fingerprint density at radius 1 is 1.14 bits per heavy atom. The van der Waals surface area contributed by atoms with Gasteiger partial charge in [0.25, 0.3) is 0 Å². The Bertz CT molecular complexity index is 472. The van der Waals surface area contributed by atoms with Crippen LogP contribution in [0.5, 0.6) is 0 Å². The van der Waals surface area contributed by atoms with Crippen LogP contribution in [-0.4, -0.2) is 31.7 Å². The third kappa shape index (κ3) is 5.72. The van der Waals surface area contributed by atoms with Gasteiger partial charge in [0, 0.05) is 6.54 Å². The summed E-state index contributed by atoms with van der Waals surface area (Å²) in [5.74, 6) is -2.33. The van der Waals surface area contributed by atoms with E-state index in [4.69, 9.17) is 9.05 Å². The van der Waals surface area contributed by atoms with E-state index < -0.39 is 19.6 Å². The number of rotatable bonds is 9. The fourth-order valence-electron chi connectivity index (χ4n) is 1.95.